The van der Waals surface area contributed by atoms with Crippen molar-refractivity contribution in [1.82, 2.24) is 0 Å². The highest BCUT2D eigenvalue weighted by Gasteiger charge is 2.42. The minimum atomic E-state index is -0.986. The largest absolute Gasteiger partial charge is 0.481 e. The van der Waals surface area contributed by atoms with Crippen LogP contribution in [0.15, 0.2) is 24.3 Å². The number of halogens is 1. The van der Waals surface area contributed by atoms with Crippen molar-refractivity contribution in [1.29, 1.82) is 0 Å². The fraction of sp³-hybridized carbons (Fsp3) is 0.462. The van der Waals surface area contributed by atoms with Crippen molar-refractivity contribution in [2.24, 2.45) is 0 Å². The molecule has 1 saturated carbocycles. The number of hydrogen-bond donors (Lipinski definition) is 1. The highest BCUT2D eigenvalue weighted by molar-refractivity contribution is 5.75. The molecule has 1 atom stereocenters. The lowest BCUT2D eigenvalue weighted by atomic mass is 9.98. The van der Waals surface area contributed by atoms with E-state index in [1.165, 1.54) is 0 Å². The van der Waals surface area contributed by atoms with Crippen LogP contribution in [0.3, 0.4) is 0 Å². The summed E-state index contributed by atoms with van der Waals surface area (Å²) < 4.78 is 13.5. The minimum Gasteiger partial charge on any atom is -0.481 e. The maximum atomic E-state index is 13.5. The molecule has 0 spiro atoms. The lowest BCUT2D eigenvalue weighted by Crippen LogP contribution is -2.08. The first-order valence-electron chi connectivity index (χ1n) is 5.51. The Morgan fingerprint density at radius 2 is 2.00 bits per heavy atom. The third-order valence-corrected chi connectivity index (χ3v) is 3.16. The van der Waals surface area contributed by atoms with Crippen LogP contribution in [0.1, 0.15) is 36.8 Å². The highest BCUT2D eigenvalue weighted by atomic mass is 19.1. The first-order valence-corrected chi connectivity index (χ1v) is 5.51. The molecule has 86 valence electrons. The maximum Gasteiger partial charge on any atom is 0.310 e. The molecule has 0 heterocycles. The van der Waals surface area contributed by atoms with E-state index in [-0.39, 0.29) is 0 Å². The summed E-state index contributed by atoms with van der Waals surface area (Å²) in [6.07, 6.45) is 1.76. The fourth-order valence-corrected chi connectivity index (χ4v) is 1.74. The molecule has 1 fully saturated rings. The van der Waals surface area contributed by atoms with Crippen LogP contribution in [0, 0.1) is 0 Å². The van der Waals surface area contributed by atoms with Crippen LogP contribution in [-0.4, -0.2) is 16.7 Å². The summed E-state index contributed by atoms with van der Waals surface area (Å²) in [4.78, 5) is 10.8. The quantitative estimate of drug-likeness (QED) is 0.850. The molecule has 0 amide bonds. The van der Waals surface area contributed by atoms with Gasteiger partial charge in [0.25, 0.3) is 0 Å². The zero-order valence-electron chi connectivity index (χ0n) is 9.24. The molecule has 16 heavy (non-hydrogen) atoms. The van der Waals surface area contributed by atoms with Crippen LogP contribution in [0.5, 0.6) is 0 Å². The number of hydrogen-bond acceptors (Lipinski definition) is 1. The summed E-state index contributed by atoms with van der Waals surface area (Å²) >= 11 is 0. The first-order chi connectivity index (χ1) is 7.50. The van der Waals surface area contributed by atoms with Gasteiger partial charge in [0.05, 0.1) is 5.92 Å². The van der Waals surface area contributed by atoms with E-state index >= 15 is 0 Å². The van der Waals surface area contributed by atoms with Crippen molar-refractivity contribution >= 4 is 5.97 Å². The van der Waals surface area contributed by atoms with Crippen molar-refractivity contribution in [3.63, 3.8) is 0 Å². The summed E-state index contributed by atoms with van der Waals surface area (Å²) in [6, 6.07) is 7.21. The highest BCUT2D eigenvalue weighted by Crippen LogP contribution is 2.42. The van der Waals surface area contributed by atoms with E-state index in [1.54, 1.807) is 19.1 Å². The molecule has 1 aliphatic rings. The Balaban J connectivity index is 2.07. The number of aliphatic carboxylic acids is 1. The molecule has 0 saturated heterocycles. The Kier molecular flexibility index (Phi) is 2.70. The molecule has 1 aliphatic carbocycles. The standard InChI is InChI=1S/C13H15FO2/c1-9(12(15)16)11-4-2-10(3-5-11)8-13(14)6-7-13/h2-5,9H,6-8H2,1H3,(H,15,16). The summed E-state index contributed by atoms with van der Waals surface area (Å²) in [5.41, 5.74) is 0.723. The second-order valence-electron chi connectivity index (χ2n) is 4.63. The fourth-order valence-electron chi connectivity index (χ4n) is 1.74. The van der Waals surface area contributed by atoms with Gasteiger partial charge in [-0.1, -0.05) is 24.3 Å². The van der Waals surface area contributed by atoms with E-state index in [1.807, 2.05) is 12.1 Å². The number of carboxylic acids is 1. The molecule has 2 rings (SSSR count). The lowest BCUT2D eigenvalue weighted by molar-refractivity contribution is -0.138. The van der Waals surface area contributed by atoms with Gasteiger partial charge < -0.3 is 5.11 Å². The molecule has 0 radical (unpaired) electrons. The number of carbonyl (C=O) groups is 1. The van der Waals surface area contributed by atoms with Gasteiger partial charge in [-0.15, -0.1) is 0 Å². The lowest BCUT2D eigenvalue weighted by Gasteiger charge is -2.09. The topological polar surface area (TPSA) is 37.3 Å². The number of carboxylic acid groups (broad SMARTS) is 1. The van der Waals surface area contributed by atoms with Gasteiger partial charge in [0, 0.05) is 6.42 Å². The van der Waals surface area contributed by atoms with E-state index in [0.29, 0.717) is 19.3 Å². The number of alkyl halides is 1. The Morgan fingerprint density at radius 1 is 1.44 bits per heavy atom. The van der Waals surface area contributed by atoms with Crippen LogP contribution >= 0.6 is 0 Å². The van der Waals surface area contributed by atoms with Crippen LogP contribution < -0.4 is 0 Å². The van der Waals surface area contributed by atoms with Gasteiger partial charge in [-0.05, 0) is 30.9 Å². The zero-order chi connectivity index (χ0) is 11.8. The van der Waals surface area contributed by atoms with Gasteiger partial charge in [0.1, 0.15) is 5.67 Å². The predicted octanol–water partition coefficient (Wildman–Crippen LogP) is 2.92. The van der Waals surface area contributed by atoms with Crippen molar-refractivity contribution in [2.75, 3.05) is 0 Å². The molecular formula is C13H15FO2. The average Bonchev–Trinajstić information content (AvgIpc) is 2.96. The second kappa shape index (κ2) is 3.89. The number of rotatable bonds is 4. The smallest absolute Gasteiger partial charge is 0.310 e. The third kappa shape index (κ3) is 2.40. The summed E-state index contributed by atoms with van der Waals surface area (Å²) in [7, 11) is 0. The molecule has 2 nitrogen and oxygen atoms in total. The third-order valence-electron chi connectivity index (χ3n) is 3.16. The SMILES string of the molecule is CC(C(=O)O)c1ccc(CC2(F)CC2)cc1. The van der Waals surface area contributed by atoms with Gasteiger partial charge in [-0.25, -0.2) is 4.39 Å². The van der Waals surface area contributed by atoms with Crippen LogP contribution in [0.25, 0.3) is 0 Å². The Bertz CT molecular complexity index is 393. The molecule has 1 unspecified atom stereocenters. The average molecular weight is 222 g/mol. The molecule has 0 aromatic heterocycles. The molecule has 0 bridgehead atoms. The zero-order valence-corrected chi connectivity index (χ0v) is 9.24. The van der Waals surface area contributed by atoms with Gasteiger partial charge in [-0.3, -0.25) is 4.79 Å². The van der Waals surface area contributed by atoms with E-state index in [9.17, 15) is 9.18 Å². The Hall–Kier alpha value is -1.38. The van der Waals surface area contributed by atoms with Crippen molar-refractivity contribution in [3.8, 4) is 0 Å². The molecular weight excluding hydrogens is 207 g/mol. The van der Waals surface area contributed by atoms with Gasteiger partial charge in [0.15, 0.2) is 0 Å². The maximum absolute atomic E-state index is 13.5. The van der Waals surface area contributed by atoms with Crippen LogP contribution in [0.2, 0.25) is 0 Å². The normalized spacial score (nSPS) is 19.1. The van der Waals surface area contributed by atoms with E-state index < -0.39 is 17.6 Å². The molecule has 0 aliphatic heterocycles. The minimum absolute atomic E-state index is 0.453. The Morgan fingerprint density at radius 3 is 2.44 bits per heavy atom. The second-order valence-corrected chi connectivity index (χ2v) is 4.63. The summed E-state index contributed by atoms with van der Waals surface area (Å²) in [5, 5.41) is 8.84. The van der Waals surface area contributed by atoms with Gasteiger partial charge in [0.2, 0.25) is 0 Å². The van der Waals surface area contributed by atoms with E-state index in [4.69, 9.17) is 5.11 Å². The van der Waals surface area contributed by atoms with Gasteiger partial charge >= 0.3 is 5.97 Å². The molecule has 1 aromatic carbocycles. The molecule has 1 N–H and O–H groups in total. The van der Waals surface area contributed by atoms with E-state index in [0.717, 1.165) is 11.1 Å². The van der Waals surface area contributed by atoms with Crippen LogP contribution in [0.4, 0.5) is 4.39 Å². The number of benzene rings is 1. The predicted molar refractivity (Wildman–Crippen MR) is 59.3 cm³/mol. The summed E-state index contributed by atoms with van der Waals surface area (Å²) in [5.74, 6) is -1.34. The first kappa shape index (κ1) is 11.1. The van der Waals surface area contributed by atoms with Crippen molar-refractivity contribution in [3.05, 3.63) is 35.4 Å². The van der Waals surface area contributed by atoms with Crippen molar-refractivity contribution < 1.29 is 14.3 Å². The molecule has 1 aromatic rings. The van der Waals surface area contributed by atoms with E-state index in [2.05, 4.69) is 0 Å². The molecule has 3 heteroatoms. The van der Waals surface area contributed by atoms with Crippen molar-refractivity contribution in [2.45, 2.75) is 37.8 Å². The summed E-state index contributed by atoms with van der Waals surface area (Å²) in [6.45, 7) is 1.65. The Labute approximate surface area is 94.1 Å². The van der Waals surface area contributed by atoms with Gasteiger partial charge in [-0.2, -0.15) is 0 Å². The monoisotopic (exact) mass is 222 g/mol. The van der Waals surface area contributed by atoms with Crippen LogP contribution in [-0.2, 0) is 11.2 Å².